The number of nitrogens with one attached hydrogen (secondary N) is 1. The number of anilines is 1. The standard InChI is InChI=1S/C16H20N2OS/c1-3-4-10-15(19)18-16-17-12(2)14(20-16)11-13-8-6-5-7-9-13/h5-9H,3-4,10-11H2,1-2H3,(H,17,18,19). The second-order valence-electron chi connectivity index (χ2n) is 4.84. The van der Waals surface area contributed by atoms with E-state index in [1.54, 1.807) is 11.3 Å². The van der Waals surface area contributed by atoms with Gasteiger partial charge in [-0.3, -0.25) is 4.79 Å². The van der Waals surface area contributed by atoms with Gasteiger partial charge in [-0.15, -0.1) is 11.3 Å². The maximum absolute atomic E-state index is 11.7. The number of unbranched alkanes of at least 4 members (excludes halogenated alkanes) is 1. The highest BCUT2D eigenvalue weighted by Crippen LogP contribution is 2.25. The van der Waals surface area contributed by atoms with Crippen LogP contribution in [0.2, 0.25) is 0 Å². The minimum Gasteiger partial charge on any atom is -0.302 e. The van der Waals surface area contributed by atoms with Crippen LogP contribution < -0.4 is 5.32 Å². The highest BCUT2D eigenvalue weighted by Gasteiger charge is 2.10. The summed E-state index contributed by atoms with van der Waals surface area (Å²) in [7, 11) is 0. The van der Waals surface area contributed by atoms with E-state index in [0.717, 1.165) is 30.1 Å². The summed E-state index contributed by atoms with van der Waals surface area (Å²) in [6.07, 6.45) is 3.40. The number of hydrogen-bond acceptors (Lipinski definition) is 3. The van der Waals surface area contributed by atoms with E-state index in [0.29, 0.717) is 6.42 Å². The van der Waals surface area contributed by atoms with E-state index in [9.17, 15) is 4.79 Å². The molecule has 1 heterocycles. The lowest BCUT2D eigenvalue weighted by Crippen LogP contribution is -2.10. The second kappa shape index (κ2) is 7.20. The largest absolute Gasteiger partial charge is 0.302 e. The fourth-order valence-electron chi connectivity index (χ4n) is 1.95. The summed E-state index contributed by atoms with van der Waals surface area (Å²) in [6, 6.07) is 10.3. The van der Waals surface area contributed by atoms with Gasteiger partial charge in [-0.05, 0) is 18.9 Å². The number of carbonyl (C=O) groups excluding carboxylic acids is 1. The number of rotatable bonds is 6. The summed E-state index contributed by atoms with van der Waals surface area (Å²) < 4.78 is 0. The molecule has 1 amide bonds. The molecule has 0 bridgehead atoms. The molecule has 3 nitrogen and oxygen atoms in total. The molecule has 1 aromatic carbocycles. The number of nitrogens with zero attached hydrogens (tertiary/aromatic N) is 1. The minimum atomic E-state index is 0.0619. The molecule has 106 valence electrons. The number of hydrogen-bond donors (Lipinski definition) is 1. The fourth-order valence-corrected chi connectivity index (χ4v) is 2.96. The second-order valence-corrected chi connectivity index (χ2v) is 5.93. The van der Waals surface area contributed by atoms with Crippen molar-refractivity contribution in [1.82, 2.24) is 4.98 Å². The zero-order valence-electron chi connectivity index (χ0n) is 12.0. The fraction of sp³-hybridized carbons (Fsp3) is 0.375. The molecule has 0 atom stereocenters. The Hall–Kier alpha value is -1.68. The molecule has 4 heteroatoms. The van der Waals surface area contributed by atoms with E-state index in [-0.39, 0.29) is 5.91 Å². The van der Waals surface area contributed by atoms with E-state index in [1.807, 2.05) is 25.1 Å². The van der Waals surface area contributed by atoms with Crippen LogP contribution in [0.3, 0.4) is 0 Å². The molecule has 1 N–H and O–H groups in total. The van der Waals surface area contributed by atoms with Crippen molar-refractivity contribution in [2.45, 2.75) is 39.5 Å². The van der Waals surface area contributed by atoms with Crippen molar-refractivity contribution in [1.29, 1.82) is 0 Å². The monoisotopic (exact) mass is 288 g/mol. The Labute approximate surface area is 124 Å². The molecule has 0 aliphatic rings. The smallest absolute Gasteiger partial charge is 0.226 e. The lowest BCUT2D eigenvalue weighted by Gasteiger charge is -1.99. The highest BCUT2D eigenvalue weighted by atomic mass is 32.1. The molecule has 0 aliphatic carbocycles. The first-order valence-electron chi connectivity index (χ1n) is 6.99. The van der Waals surface area contributed by atoms with Gasteiger partial charge in [0.15, 0.2) is 5.13 Å². The van der Waals surface area contributed by atoms with Crippen LogP contribution in [0.25, 0.3) is 0 Å². The highest BCUT2D eigenvalue weighted by molar-refractivity contribution is 7.15. The topological polar surface area (TPSA) is 42.0 Å². The number of amides is 1. The maximum Gasteiger partial charge on any atom is 0.226 e. The Balaban J connectivity index is 2.00. The summed E-state index contributed by atoms with van der Waals surface area (Å²) in [5.74, 6) is 0.0619. The Morgan fingerprint density at radius 1 is 1.30 bits per heavy atom. The van der Waals surface area contributed by atoms with E-state index < -0.39 is 0 Å². The quantitative estimate of drug-likeness (QED) is 0.866. The van der Waals surface area contributed by atoms with Gasteiger partial charge in [-0.1, -0.05) is 43.7 Å². The van der Waals surface area contributed by atoms with E-state index in [2.05, 4.69) is 29.4 Å². The van der Waals surface area contributed by atoms with Gasteiger partial charge in [0.25, 0.3) is 0 Å². The van der Waals surface area contributed by atoms with Crippen LogP contribution in [0.1, 0.15) is 42.3 Å². The number of thiazole rings is 1. The number of aromatic nitrogens is 1. The van der Waals surface area contributed by atoms with E-state index in [4.69, 9.17) is 0 Å². The van der Waals surface area contributed by atoms with Crippen molar-refractivity contribution in [2.24, 2.45) is 0 Å². The number of benzene rings is 1. The van der Waals surface area contributed by atoms with Crippen molar-refractivity contribution in [3.8, 4) is 0 Å². The van der Waals surface area contributed by atoms with Crippen LogP contribution in [0.4, 0.5) is 5.13 Å². The predicted octanol–water partition coefficient (Wildman–Crippen LogP) is 4.17. The molecular formula is C16H20N2OS. The van der Waals surface area contributed by atoms with Gasteiger partial charge < -0.3 is 5.32 Å². The molecule has 0 saturated carbocycles. The van der Waals surface area contributed by atoms with E-state index in [1.165, 1.54) is 10.4 Å². The summed E-state index contributed by atoms with van der Waals surface area (Å²) >= 11 is 1.57. The zero-order chi connectivity index (χ0) is 14.4. The lowest BCUT2D eigenvalue weighted by molar-refractivity contribution is -0.116. The van der Waals surface area contributed by atoms with Crippen molar-refractivity contribution >= 4 is 22.4 Å². The van der Waals surface area contributed by atoms with Gasteiger partial charge in [-0.2, -0.15) is 0 Å². The average Bonchev–Trinajstić information content (AvgIpc) is 2.77. The van der Waals surface area contributed by atoms with Gasteiger partial charge in [0.2, 0.25) is 5.91 Å². The van der Waals surface area contributed by atoms with Crippen molar-refractivity contribution < 1.29 is 4.79 Å². The van der Waals surface area contributed by atoms with Gasteiger partial charge in [0, 0.05) is 17.7 Å². The molecule has 2 aromatic rings. The SMILES string of the molecule is CCCCC(=O)Nc1nc(C)c(Cc2ccccc2)s1. The van der Waals surface area contributed by atoms with Crippen LogP contribution in [0.15, 0.2) is 30.3 Å². The van der Waals surface area contributed by atoms with Crippen molar-refractivity contribution in [2.75, 3.05) is 5.32 Å². The van der Waals surface area contributed by atoms with Gasteiger partial charge in [0.05, 0.1) is 5.69 Å². The molecule has 0 spiro atoms. The molecule has 0 aliphatic heterocycles. The van der Waals surface area contributed by atoms with Crippen LogP contribution in [0, 0.1) is 6.92 Å². The Morgan fingerprint density at radius 3 is 2.75 bits per heavy atom. The lowest BCUT2D eigenvalue weighted by atomic mass is 10.1. The maximum atomic E-state index is 11.7. The molecule has 0 unspecified atom stereocenters. The Bertz CT molecular complexity index is 563. The van der Waals surface area contributed by atoms with E-state index >= 15 is 0 Å². The molecule has 20 heavy (non-hydrogen) atoms. The molecule has 0 saturated heterocycles. The summed E-state index contributed by atoms with van der Waals surface area (Å²) in [4.78, 5) is 17.4. The first-order valence-corrected chi connectivity index (χ1v) is 7.80. The Kier molecular flexibility index (Phi) is 5.30. The normalized spacial score (nSPS) is 10.5. The third-order valence-electron chi connectivity index (χ3n) is 3.10. The van der Waals surface area contributed by atoms with Gasteiger partial charge in [0.1, 0.15) is 0 Å². The summed E-state index contributed by atoms with van der Waals surface area (Å²) in [6.45, 7) is 4.08. The predicted molar refractivity (Wildman–Crippen MR) is 84.3 cm³/mol. The molecule has 1 aromatic heterocycles. The first-order chi connectivity index (χ1) is 9.69. The van der Waals surface area contributed by atoms with Crippen molar-refractivity contribution in [3.05, 3.63) is 46.5 Å². The van der Waals surface area contributed by atoms with Crippen LogP contribution >= 0.6 is 11.3 Å². The molecule has 2 rings (SSSR count). The third-order valence-corrected chi connectivity index (χ3v) is 4.18. The molecule has 0 fully saturated rings. The summed E-state index contributed by atoms with van der Waals surface area (Å²) in [5, 5.41) is 3.61. The average molecular weight is 288 g/mol. The van der Waals surface area contributed by atoms with Crippen LogP contribution in [-0.2, 0) is 11.2 Å². The van der Waals surface area contributed by atoms with Gasteiger partial charge in [-0.25, -0.2) is 4.98 Å². The minimum absolute atomic E-state index is 0.0619. The number of aryl methyl sites for hydroxylation is 1. The molecule has 0 radical (unpaired) electrons. The van der Waals surface area contributed by atoms with Gasteiger partial charge >= 0.3 is 0 Å². The summed E-state index contributed by atoms with van der Waals surface area (Å²) in [5.41, 5.74) is 2.27. The Morgan fingerprint density at radius 2 is 2.05 bits per heavy atom. The first kappa shape index (κ1) is 14.7. The van der Waals surface area contributed by atoms with Crippen molar-refractivity contribution in [3.63, 3.8) is 0 Å². The number of carbonyl (C=O) groups is 1. The molecular weight excluding hydrogens is 268 g/mol. The van der Waals surface area contributed by atoms with Crippen LogP contribution in [-0.4, -0.2) is 10.9 Å². The zero-order valence-corrected chi connectivity index (χ0v) is 12.8. The third kappa shape index (κ3) is 4.17. The van der Waals surface area contributed by atoms with Crippen LogP contribution in [0.5, 0.6) is 0 Å².